The molecular weight excluding hydrogens is 487 g/mol. The van der Waals surface area contributed by atoms with Crippen LogP contribution in [0.3, 0.4) is 0 Å². The van der Waals surface area contributed by atoms with Crippen molar-refractivity contribution in [2.75, 3.05) is 29.9 Å². The SMILES string of the molecule is CC(C)(C)c1ccc(NC(=O)c2ccc(Cl)c(N(CC(=O)NCCO)c3ncccc3Cl)c2)cc1. The zero-order valence-corrected chi connectivity index (χ0v) is 21.3. The minimum absolute atomic E-state index is 0.00724. The molecule has 9 heteroatoms. The van der Waals surface area contributed by atoms with Gasteiger partial charge < -0.3 is 20.6 Å². The average Bonchev–Trinajstić information content (AvgIpc) is 2.82. The number of carbonyl (C=O) groups excluding carboxylic acids is 2. The maximum Gasteiger partial charge on any atom is 0.255 e. The molecule has 0 saturated heterocycles. The Balaban J connectivity index is 1.91. The summed E-state index contributed by atoms with van der Waals surface area (Å²) >= 11 is 12.9. The van der Waals surface area contributed by atoms with Crippen LogP contribution in [-0.4, -0.2) is 41.6 Å². The molecule has 2 aromatic carbocycles. The van der Waals surface area contributed by atoms with Crippen molar-refractivity contribution in [2.45, 2.75) is 26.2 Å². The normalized spacial score (nSPS) is 11.1. The van der Waals surface area contributed by atoms with Crippen LogP contribution in [-0.2, 0) is 10.2 Å². The first-order chi connectivity index (χ1) is 16.6. The van der Waals surface area contributed by atoms with Crippen molar-refractivity contribution >= 4 is 52.2 Å². The van der Waals surface area contributed by atoms with Gasteiger partial charge in [0.05, 0.1) is 22.3 Å². The maximum absolute atomic E-state index is 13.0. The number of hydrogen-bond acceptors (Lipinski definition) is 5. The zero-order chi connectivity index (χ0) is 25.6. The topological polar surface area (TPSA) is 94.6 Å². The van der Waals surface area contributed by atoms with Crippen LogP contribution >= 0.6 is 23.2 Å². The van der Waals surface area contributed by atoms with Crippen molar-refractivity contribution in [3.05, 3.63) is 82.0 Å². The van der Waals surface area contributed by atoms with Crippen molar-refractivity contribution in [3.63, 3.8) is 0 Å². The fourth-order valence-corrected chi connectivity index (χ4v) is 3.81. The van der Waals surface area contributed by atoms with Gasteiger partial charge in [0, 0.05) is 24.0 Å². The molecule has 0 fully saturated rings. The summed E-state index contributed by atoms with van der Waals surface area (Å²) in [5, 5.41) is 15.1. The molecule has 3 N–H and O–H groups in total. The molecule has 3 aromatic rings. The second-order valence-electron chi connectivity index (χ2n) is 8.92. The molecule has 3 rings (SSSR count). The van der Waals surface area contributed by atoms with Crippen LogP contribution in [0.15, 0.2) is 60.8 Å². The van der Waals surface area contributed by atoms with E-state index >= 15 is 0 Å². The zero-order valence-electron chi connectivity index (χ0n) is 19.8. The Bertz CT molecular complexity index is 1190. The Morgan fingerprint density at radius 1 is 1.03 bits per heavy atom. The van der Waals surface area contributed by atoms with Crippen LogP contribution in [0, 0.1) is 0 Å². The number of nitrogens with one attached hydrogen (secondary N) is 2. The van der Waals surface area contributed by atoms with E-state index in [9.17, 15) is 9.59 Å². The highest BCUT2D eigenvalue weighted by Crippen LogP contribution is 2.35. The highest BCUT2D eigenvalue weighted by Gasteiger charge is 2.22. The van der Waals surface area contributed by atoms with Gasteiger partial charge in [0.1, 0.15) is 6.54 Å². The van der Waals surface area contributed by atoms with Crippen LogP contribution in [0.4, 0.5) is 17.2 Å². The average molecular weight is 515 g/mol. The summed E-state index contributed by atoms with van der Waals surface area (Å²) < 4.78 is 0. The molecule has 0 aliphatic rings. The lowest BCUT2D eigenvalue weighted by Crippen LogP contribution is -2.36. The lowest BCUT2D eigenvalue weighted by atomic mass is 9.87. The third-order valence-corrected chi connectivity index (χ3v) is 5.85. The van der Waals surface area contributed by atoms with Crippen LogP contribution in [0.1, 0.15) is 36.7 Å². The van der Waals surface area contributed by atoms with Crippen molar-refractivity contribution < 1.29 is 14.7 Å². The highest BCUT2D eigenvalue weighted by atomic mass is 35.5. The number of pyridine rings is 1. The Labute approximate surface area is 215 Å². The molecule has 0 spiro atoms. The number of anilines is 3. The van der Waals surface area contributed by atoms with Gasteiger partial charge in [0.25, 0.3) is 5.91 Å². The molecule has 0 aliphatic carbocycles. The van der Waals surface area contributed by atoms with Gasteiger partial charge in [-0.05, 0) is 53.4 Å². The molecule has 7 nitrogen and oxygen atoms in total. The molecule has 1 heterocycles. The second-order valence-corrected chi connectivity index (χ2v) is 9.73. The van der Waals surface area contributed by atoms with Gasteiger partial charge in [0.15, 0.2) is 5.82 Å². The van der Waals surface area contributed by atoms with E-state index in [1.165, 1.54) is 4.90 Å². The van der Waals surface area contributed by atoms with E-state index in [1.807, 2.05) is 24.3 Å². The summed E-state index contributed by atoms with van der Waals surface area (Å²) in [5.41, 5.74) is 2.56. The van der Waals surface area contributed by atoms with Crippen molar-refractivity contribution in [2.24, 2.45) is 0 Å². The van der Waals surface area contributed by atoms with Gasteiger partial charge in [-0.1, -0.05) is 56.1 Å². The molecule has 0 aliphatic heterocycles. The fraction of sp³-hybridized carbons (Fsp3) is 0.269. The van der Waals surface area contributed by atoms with E-state index in [-0.39, 0.29) is 36.9 Å². The lowest BCUT2D eigenvalue weighted by Gasteiger charge is -2.25. The van der Waals surface area contributed by atoms with Crippen molar-refractivity contribution in [3.8, 4) is 0 Å². The summed E-state index contributed by atoms with van der Waals surface area (Å²) in [6, 6.07) is 15.8. The minimum atomic E-state index is -0.370. The summed E-state index contributed by atoms with van der Waals surface area (Å²) in [4.78, 5) is 31.3. The third kappa shape index (κ3) is 6.94. The van der Waals surface area contributed by atoms with Crippen LogP contribution in [0.5, 0.6) is 0 Å². The molecule has 1 aromatic heterocycles. The molecule has 0 atom stereocenters. The molecule has 0 bridgehead atoms. The maximum atomic E-state index is 13.0. The number of aliphatic hydroxyl groups is 1. The summed E-state index contributed by atoms with van der Waals surface area (Å²) in [7, 11) is 0. The van der Waals surface area contributed by atoms with Gasteiger partial charge in [0.2, 0.25) is 5.91 Å². The van der Waals surface area contributed by atoms with Crippen molar-refractivity contribution in [1.82, 2.24) is 10.3 Å². The standard InChI is InChI=1S/C26H28Cl2N4O3/c1-26(2,3)18-7-9-19(10-8-18)31-25(35)17-6-11-20(27)22(15-17)32(16-23(34)29-13-14-33)24-21(28)5-4-12-30-24/h4-12,15,33H,13-14,16H2,1-3H3,(H,29,34)(H,31,35). The smallest absolute Gasteiger partial charge is 0.255 e. The first kappa shape index (κ1) is 26.5. The number of carbonyl (C=O) groups is 2. The Kier molecular flexibility index (Phi) is 8.72. The van der Waals surface area contributed by atoms with Gasteiger partial charge in [-0.3, -0.25) is 9.59 Å². The molecular formula is C26H28Cl2N4O3. The third-order valence-electron chi connectivity index (χ3n) is 5.24. The quantitative estimate of drug-likeness (QED) is 0.384. The number of rotatable bonds is 8. The van der Waals surface area contributed by atoms with Crippen molar-refractivity contribution in [1.29, 1.82) is 0 Å². The van der Waals surface area contributed by atoms with Gasteiger partial charge in [-0.15, -0.1) is 0 Å². The van der Waals surface area contributed by atoms with Crippen LogP contribution < -0.4 is 15.5 Å². The molecule has 35 heavy (non-hydrogen) atoms. The number of aromatic nitrogens is 1. The number of aliphatic hydroxyl groups excluding tert-OH is 1. The van der Waals surface area contributed by atoms with Gasteiger partial charge in [-0.25, -0.2) is 4.98 Å². The number of amides is 2. The molecule has 0 unspecified atom stereocenters. The highest BCUT2D eigenvalue weighted by molar-refractivity contribution is 6.35. The summed E-state index contributed by atoms with van der Waals surface area (Å²) in [6.07, 6.45) is 1.55. The number of hydrogen-bond donors (Lipinski definition) is 3. The van der Waals surface area contributed by atoms with Crippen LogP contribution in [0.2, 0.25) is 10.0 Å². The molecule has 184 valence electrons. The van der Waals surface area contributed by atoms with E-state index in [0.29, 0.717) is 32.8 Å². The Hall–Kier alpha value is -3.13. The lowest BCUT2D eigenvalue weighted by molar-refractivity contribution is -0.119. The van der Waals surface area contributed by atoms with E-state index < -0.39 is 0 Å². The van der Waals surface area contributed by atoms with E-state index in [4.69, 9.17) is 28.3 Å². The predicted octanol–water partition coefficient (Wildman–Crippen LogP) is 5.18. The number of halogens is 2. The molecule has 0 saturated carbocycles. The Morgan fingerprint density at radius 2 is 1.74 bits per heavy atom. The minimum Gasteiger partial charge on any atom is -0.395 e. The first-order valence-electron chi connectivity index (χ1n) is 11.1. The molecule has 2 amide bonds. The Morgan fingerprint density at radius 3 is 2.37 bits per heavy atom. The molecule has 0 radical (unpaired) electrons. The predicted molar refractivity (Wildman–Crippen MR) is 141 cm³/mol. The second kappa shape index (κ2) is 11.5. The van der Waals surface area contributed by atoms with Gasteiger partial charge in [-0.2, -0.15) is 0 Å². The van der Waals surface area contributed by atoms with E-state index in [2.05, 4.69) is 36.4 Å². The van der Waals surface area contributed by atoms with E-state index in [0.717, 1.165) is 5.56 Å². The van der Waals surface area contributed by atoms with E-state index in [1.54, 1.807) is 36.5 Å². The summed E-state index contributed by atoms with van der Waals surface area (Å²) in [6.45, 7) is 6.12. The number of nitrogens with zero attached hydrogens (tertiary/aromatic N) is 2. The fourth-order valence-electron chi connectivity index (χ4n) is 3.36. The van der Waals surface area contributed by atoms with Gasteiger partial charge >= 0.3 is 0 Å². The van der Waals surface area contributed by atoms with Crippen LogP contribution in [0.25, 0.3) is 0 Å². The monoisotopic (exact) mass is 514 g/mol. The number of benzene rings is 2. The largest absolute Gasteiger partial charge is 0.395 e. The summed E-state index contributed by atoms with van der Waals surface area (Å²) in [5.74, 6) is -0.389. The first-order valence-corrected chi connectivity index (χ1v) is 11.8.